The Kier molecular flexibility index (Phi) is 5.48. The van der Waals surface area contributed by atoms with Gasteiger partial charge in [-0.15, -0.1) is 0 Å². The maximum Gasteiger partial charge on any atom is 0.123 e. The Labute approximate surface area is 182 Å². The Hall–Kier alpha value is -2.73. The molecule has 5 rings (SSSR count). The van der Waals surface area contributed by atoms with Gasteiger partial charge in [0.1, 0.15) is 12.0 Å². The van der Waals surface area contributed by atoms with Gasteiger partial charge in [0, 0.05) is 43.5 Å². The SMILES string of the molecule is CC(O)C(N1CCN(Cc2ccc(F)cc2)CC1)n1c2ccccc2c2ccccc21. The fourth-order valence-electron chi connectivity index (χ4n) is 4.96. The first kappa shape index (κ1) is 20.2. The summed E-state index contributed by atoms with van der Waals surface area (Å²) in [7, 11) is 0. The molecule has 4 aromatic rings. The largest absolute Gasteiger partial charge is 0.390 e. The number of benzene rings is 3. The summed E-state index contributed by atoms with van der Waals surface area (Å²) in [5.41, 5.74) is 3.44. The fraction of sp³-hybridized carbons (Fsp3) is 0.308. The first-order valence-corrected chi connectivity index (χ1v) is 11.0. The van der Waals surface area contributed by atoms with Gasteiger partial charge >= 0.3 is 0 Å². The van der Waals surface area contributed by atoms with Crippen LogP contribution in [0.3, 0.4) is 0 Å². The Balaban J connectivity index is 1.42. The van der Waals surface area contributed by atoms with E-state index in [0.29, 0.717) is 0 Å². The van der Waals surface area contributed by atoms with E-state index in [1.807, 2.05) is 19.1 Å². The molecule has 1 fully saturated rings. The lowest BCUT2D eigenvalue weighted by Crippen LogP contribution is -2.50. The molecule has 0 spiro atoms. The van der Waals surface area contributed by atoms with Crippen LogP contribution in [0.1, 0.15) is 18.7 Å². The lowest BCUT2D eigenvalue weighted by Gasteiger charge is -2.41. The summed E-state index contributed by atoms with van der Waals surface area (Å²) in [6, 6.07) is 23.7. The molecule has 3 aromatic carbocycles. The average Bonchev–Trinajstić information content (AvgIpc) is 3.11. The molecule has 160 valence electrons. The molecule has 1 aliphatic rings. The van der Waals surface area contributed by atoms with Gasteiger partial charge in [-0.05, 0) is 36.8 Å². The molecular weight excluding hydrogens is 389 g/mol. The van der Waals surface area contributed by atoms with Gasteiger partial charge in [0.15, 0.2) is 0 Å². The summed E-state index contributed by atoms with van der Waals surface area (Å²) in [4.78, 5) is 4.79. The van der Waals surface area contributed by atoms with Crippen molar-refractivity contribution in [2.45, 2.75) is 25.7 Å². The molecule has 1 aromatic heterocycles. The molecule has 2 heterocycles. The van der Waals surface area contributed by atoms with Crippen molar-refractivity contribution in [1.82, 2.24) is 14.4 Å². The maximum atomic E-state index is 13.2. The number of nitrogens with zero attached hydrogens (tertiary/aromatic N) is 3. The molecule has 0 saturated carbocycles. The van der Waals surface area contributed by atoms with Crippen molar-refractivity contribution in [3.8, 4) is 0 Å². The first-order valence-electron chi connectivity index (χ1n) is 11.0. The molecule has 1 N–H and O–H groups in total. The van der Waals surface area contributed by atoms with E-state index >= 15 is 0 Å². The third-order valence-corrected chi connectivity index (χ3v) is 6.41. The lowest BCUT2D eigenvalue weighted by atomic mass is 10.1. The van der Waals surface area contributed by atoms with Crippen molar-refractivity contribution in [2.75, 3.05) is 26.2 Å². The summed E-state index contributed by atoms with van der Waals surface area (Å²) >= 11 is 0. The lowest BCUT2D eigenvalue weighted by molar-refractivity contribution is -0.00679. The third-order valence-electron chi connectivity index (χ3n) is 6.41. The van der Waals surface area contributed by atoms with Crippen molar-refractivity contribution >= 4 is 21.8 Å². The maximum absolute atomic E-state index is 13.2. The van der Waals surface area contributed by atoms with Crippen molar-refractivity contribution < 1.29 is 9.50 Å². The number of piperazine rings is 1. The van der Waals surface area contributed by atoms with E-state index in [1.165, 1.54) is 22.9 Å². The summed E-state index contributed by atoms with van der Waals surface area (Å²) in [5, 5.41) is 13.3. The zero-order valence-corrected chi connectivity index (χ0v) is 17.8. The minimum Gasteiger partial charge on any atom is -0.390 e. The highest BCUT2D eigenvalue weighted by Crippen LogP contribution is 2.34. The smallest absolute Gasteiger partial charge is 0.123 e. The van der Waals surface area contributed by atoms with Crippen LogP contribution in [-0.2, 0) is 6.54 Å². The molecule has 1 saturated heterocycles. The van der Waals surface area contributed by atoms with Crippen LogP contribution in [0, 0.1) is 5.82 Å². The van der Waals surface area contributed by atoms with Gasteiger partial charge in [0.2, 0.25) is 0 Å². The van der Waals surface area contributed by atoms with Crippen LogP contribution in [0.4, 0.5) is 4.39 Å². The van der Waals surface area contributed by atoms with Crippen LogP contribution >= 0.6 is 0 Å². The average molecular weight is 418 g/mol. The van der Waals surface area contributed by atoms with Crippen LogP contribution < -0.4 is 0 Å². The molecule has 1 aliphatic heterocycles. The summed E-state index contributed by atoms with van der Waals surface area (Å²) < 4.78 is 15.5. The standard InChI is InChI=1S/C26H28FN3O/c1-19(31)26(29-16-14-28(15-17-29)18-20-10-12-21(27)13-11-20)30-24-8-4-2-6-22(24)23-7-3-5-9-25(23)30/h2-13,19,26,31H,14-18H2,1H3. The Morgan fingerprint density at radius 3 is 1.90 bits per heavy atom. The van der Waals surface area contributed by atoms with Gasteiger partial charge in [-0.3, -0.25) is 9.80 Å². The number of fused-ring (bicyclic) bond motifs is 3. The van der Waals surface area contributed by atoms with Crippen LogP contribution in [0.5, 0.6) is 0 Å². The Bertz CT molecular complexity index is 1120. The summed E-state index contributed by atoms with van der Waals surface area (Å²) in [6.07, 6.45) is -0.638. The van der Waals surface area contributed by atoms with Gasteiger partial charge in [0.05, 0.1) is 17.1 Å². The van der Waals surface area contributed by atoms with E-state index in [0.717, 1.165) is 49.3 Å². The number of hydrogen-bond acceptors (Lipinski definition) is 3. The summed E-state index contributed by atoms with van der Waals surface area (Å²) in [6.45, 7) is 6.28. The highest BCUT2D eigenvalue weighted by Gasteiger charge is 2.30. The number of rotatable bonds is 5. The molecule has 4 nitrogen and oxygen atoms in total. The van der Waals surface area contributed by atoms with E-state index < -0.39 is 6.10 Å². The normalized spacial score (nSPS) is 17.9. The Morgan fingerprint density at radius 2 is 1.35 bits per heavy atom. The number of aliphatic hydroxyl groups is 1. The fourth-order valence-corrected chi connectivity index (χ4v) is 4.96. The number of para-hydroxylation sites is 2. The molecule has 5 heteroatoms. The summed E-state index contributed by atoms with van der Waals surface area (Å²) in [5.74, 6) is -0.195. The molecular formula is C26H28FN3O. The van der Waals surface area contributed by atoms with Gasteiger partial charge in [-0.1, -0.05) is 48.5 Å². The van der Waals surface area contributed by atoms with E-state index in [1.54, 1.807) is 0 Å². The second-order valence-corrected chi connectivity index (χ2v) is 8.50. The van der Waals surface area contributed by atoms with Crippen LogP contribution in [0.15, 0.2) is 72.8 Å². The van der Waals surface area contributed by atoms with Crippen LogP contribution in [0.25, 0.3) is 21.8 Å². The molecule has 0 radical (unpaired) electrons. The van der Waals surface area contributed by atoms with Gasteiger partial charge in [-0.2, -0.15) is 0 Å². The molecule has 0 bridgehead atoms. The highest BCUT2D eigenvalue weighted by molar-refractivity contribution is 6.08. The second kappa shape index (κ2) is 8.42. The van der Waals surface area contributed by atoms with Crippen molar-refractivity contribution in [1.29, 1.82) is 0 Å². The molecule has 31 heavy (non-hydrogen) atoms. The minimum absolute atomic E-state index is 0.127. The first-order chi connectivity index (χ1) is 15.1. The van der Waals surface area contributed by atoms with Crippen LogP contribution in [-0.4, -0.2) is 51.8 Å². The predicted octanol–water partition coefficient (Wildman–Crippen LogP) is 4.63. The van der Waals surface area contributed by atoms with E-state index in [9.17, 15) is 9.50 Å². The van der Waals surface area contributed by atoms with Gasteiger partial charge in [0.25, 0.3) is 0 Å². The van der Waals surface area contributed by atoms with Gasteiger partial charge < -0.3 is 9.67 Å². The third kappa shape index (κ3) is 3.85. The number of aromatic nitrogens is 1. The Morgan fingerprint density at radius 1 is 0.806 bits per heavy atom. The number of aliphatic hydroxyl groups excluding tert-OH is 1. The molecule has 0 amide bonds. The predicted molar refractivity (Wildman–Crippen MR) is 123 cm³/mol. The number of halogens is 1. The quantitative estimate of drug-likeness (QED) is 0.514. The molecule has 2 unspecified atom stereocenters. The van der Waals surface area contributed by atoms with E-state index in [4.69, 9.17) is 0 Å². The van der Waals surface area contributed by atoms with E-state index in [2.05, 4.69) is 62.9 Å². The zero-order chi connectivity index (χ0) is 21.4. The minimum atomic E-state index is -0.511. The molecule has 0 aliphatic carbocycles. The van der Waals surface area contributed by atoms with Crippen molar-refractivity contribution in [3.05, 3.63) is 84.2 Å². The topological polar surface area (TPSA) is 31.6 Å². The monoisotopic (exact) mass is 417 g/mol. The van der Waals surface area contributed by atoms with Crippen molar-refractivity contribution in [3.63, 3.8) is 0 Å². The van der Waals surface area contributed by atoms with E-state index in [-0.39, 0.29) is 12.0 Å². The zero-order valence-electron chi connectivity index (χ0n) is 17.8. The highest BCUT2D eigenvalue weighted by atomic mass is 19.1. The van der Waals surface area contributed by atoms with Crippen molar-refractivity contribution in [2.24, 2.45) is 0 Å². The number of hydrogen-bond donors (Lipinski definition) is 1. The second-order valence-electron chi connectivity index (χ2n) is 8.50. The van der Waals surface area contributed by atoms with Gasteiger partial charge in [-0.25, -0.2) is 4.39 Å². The van der Waals surface area contributed by atoms with Crippen LogP contribution in [0.2, 0.25) is 0 Å². The molecule has 2 atom stereocenters.